The number of sulfonamides is 1. The van der Waals surface area contributed by atoms with Gasteiger partial charge in [-0.15, -0.1) is 0 Å². The maximum Gasteiger partial charge on any atom is 0.419 e. The molecule has 12 heteroatoms. The lowest BCUT2D eigenvalue weighted by Gasteiger charge is -2.18. The summed E-state index contributed by atoms with van der Waals surface area (Å²) in [6.45, 7) is -0.210. The molecule has 0 unspecified atom stereocenters. The first-order valence-corrected chi connectivity index (χ1v) is 12.4. The largest absolute Gasteiger partial charge is 0.497 e. The molecule has 0 amide bonds. The van der Waals surface area contributed by atoms with Crippen molar-refractivity contribution >= 4 is 19.9 Å². The Balaban J connectivity index is 2.06. The fourth-order valence-electron chi connectivity index (χ4n) is 3.09. The summed E-state index contributed by atoms with van der Waals surface area (Å²) in [5.41, 5.74) is -1.09. The topological polar surface area (TPSA) is 102 Å². The van der Waals surface area contributed by atoms with Crippen LogP contribution in [-0.2, 0) is 32.5 Å². The van der Waals surface area contributed by atoms with Crippen LogP contribution in [0.15, 0.2) is 81.7 Å². The van der Waals surface area contributed by atoms with E-state index in [9.17, 15) is 30.0 Å². The van der Waals surface area contributed by atoms with Gasteiger partial charge in [-0.1, -0.05) is 18.2 Å². The highest BCUT2D eigenvalue weighted by Gasteiger charge is 2.43. The third-order valence-corrected chi connectivity index (χ3v) is 7.93. The number of ether oxygens (including phenoxy) is 1. The van der Waals surface area contributed by atoms with Gasteiger partial charge in [0.2, 0.25) is 19.9 Å². The summed E-state index contributed by atoms with van der Waals surface area (Å²) in [5, 5.41) is 0. The standard InChI is InChI=1S/C21H19F3N2O5S2/c1-31-16-6-2-7-17(13-16)32(27,28)18-8-3-9-19(20(18)21(22,23)24)33(29,30)26-12-10-15-5-4-11-25-14-15/h2-9,11,13-14,26H,10,12H2,1H3. The molecule has 0 atom stereocenters. The molecule has 0 spiro atoms. The first kappa shape index (κ1) is 24.7. The average molecular weight is 501 g/mol. The van der Waals surface area contributed by atoms with Crippen LogP contribution in [0.3, 0.4) is 0 Å². The van der Waals surface area contributed by atoms with Crippen LogP contribution in [0, 0.1) is 0 Å². The van der Waals surface area contributed by atoms with Crippen LogP contribution in [0.2, 0.25) is 0 Å². The molecular weight excluding hydrogens is 481 g/mol. The molecule has 0 bridgehead atoms. The number of nitrogens with zero attached hydrogens (tertiary/aromatic N) is 1. The second kappa shape index (κ2) is 9.49. The molecule has 1 N–H and O–H groups in total. The molecule has 7 nitrogen and oxygen atoms in total. The highest BCUT2D eigenvalue weighted by Crippen LogP contribution is 2.40. The second-order valence-electron chi connectivity index (χ2n) is 6.82. The van der Waals surface area contributed by atoms with Crippen LogP contribution in [0.25, 0.3) is 0 Å². The van der Waals surface area contributed by atoms with Crippen molar-refractivity contribution in [3.63, 3.8) is 0 Å². The van der Waals surface area contributed by atoms with Crippen LogP contribution in [0.4, 0.5) is 13.2 Å². The number of halogens is 3. The molecule has 3 rings (SSSR count). The number of nitrogens with one attached hydrogen (secondary N) is 1. The number of hydrogen-bond donors (Lipinski definition) is 1. The first-order chi connectivity index (χ1) is 15.5. The van der Waals surface area contributed by atoms with Crippen LogP contribution in [0.1, 0.15) is 11.1 Å². The van der Waals surface area contributed by atoms with Crippen LogP contribution < -0.4 is 9.46 Å². The fraction of sp³-hybridized carbons (Fsp3) is 0.190. The maximum atomic E-state index is 14.0. The maximum absolute atomic E-state index is 14.0. The Morgan fingerprint density at radius 2 is 1.67 bits per heavy atom. The summed E-state index contributed by atoms with van der Waals surface area (Å²) in [4.78, 5) is 1.07. The fourth-order valence-corrected chi connectivity index (χ4v) is 5.97. The van der Waals surface area contributed by atoms with E-state index in [4.69, 9.17) is 4.74 Å². The molecule has 0 radical (unpaired) electrons. The van der Waals surface area contributed by atoms with Gasteiger partial charge in [-0.25, -0.2) is 21.6 Å². The number of alkyl halides is 3. The molecular formula is C21H19F3N2O5S2. The summed E-state index contributed by atoms with van der Waals surface area (Å²) >= 11 is 0. The van der Waals surface area contributed by atoms with Crippen LogP contribution in [-0.4, -0.2) is 35.5 Å². The Morgan fingerprint density at radius 1 is 0.970 bits per heavy atom. The van der Waals surface area contributed by atoms with Crippen molar-refractivity contribution in [2.75, 3.05) is 13.7 Å². The lowest BCUT2D eigenvalue weighted by Crippen LogP contribution is -2.29. The molecule has 2 aromatic carbocycles. The minimum absolute atomic E-state index is 0.116. The number of aromatic nitrogens is 1. The van der Waals surface area contributed by atoms with E-state index in [0.29, 0.717) is 5.56 Å². The van der Waals surface area contributed by atoms with Crippen LogP contribution in [0.5, 0.6) is 5.75 Å². The highest BCUT2D eigenvalue weighted by molar-refractivity contribution is 7.92. The van der Waals surface area contributed by atoms with Gasteiger partial charge in [0, 0.05) is 18.9 Å². The number of rotatable bonds is 8. The van der Waals surface area contributed by atoms with Crippen molar-refractivity contribution in [2.24, 2.45) is 0 Å². The molecule has 0 aliphatic carbocycles. The van der Waals surface area contributed by atoms with Gasteiger partial charge in [0.1, 0.15) is 5.75 Å². The summed E-state index contributed by atoms with van der Waals surface area (Å²) < 4.78 is 101. The van der Waals surface area contributed by atoms with Crippen molar-refractivity contribution in [2.45, 2.75) is 27.3 Å². The van der Waals surface area contributed by atoms with E-state index in [2.05, 4.69) is 9.71 Å². The van der Waals surface area contributed by atoms with Crippen molar-refractivity contribution in [1.29, 1.82) is 0 Å². The molecule has 0 saturated heterocycles. The predicted octanol–water partition coefficient (Wildman–Crippen LogP) is 3.46. The summed E-state index contributed by atoms with van der Waals surface area (Å²) in [5.74, 6) is 0.116. The minimum atomic E-state index is -5.27. The molecule has 33 heavy (non-hydrogen) atoms. The Hall–Kier alpha value is -2.96. The quantitative estimate of drug-likeness (QED) is 0.508. The van der Waals surface area contributed by atoms with Gasteiger partial charge < -0.3 is 4.74 Å². The predicted molar refractivity (Wildman–Crippen MR) is 113 cm³/mol. The van der Waals surface area contributed by atoms with E-state index >= 15 is 0 Å². The third kappa shape index (κ3) is 5.52. The second-order valence-corrected chi connectivity index (χ2v) is 10.5. The van der Waals surface area contributed by atoms with Gasteiger partial charge in [0.05, 0.1) is 27.4 Å². The Bertz CT molecular complexity index is 1340. The number of hydrogen-bond acceptors (Lipinski definition) is 6. The van der Waals surface area contributed by atoms with Crippen molar-refractivity contribution in [1.82, 2.24) is 9.71 Å². The van der Waals surface area contributed by atoms with E-state index in [0.717, 1.165) is 30.3 Å². The van der Waals surface area contributed by atoms with Crippen molar-refractivity contribution < 1.29 is 34.7 Å². The number of benzene rings is 2. The average Bonchev–Trinajstić information content (AvgIpc) is 2.78. The molecule has 176 valence electrons. The molecule has 0 aliphatic rings. The van der Waals surface area contributed by atoms with Gasteiger partial charge in [-0.05, 0) is 48.4 Å². The van der Waals surface area contributed by atoms with E-state index in [1.807, 2.05) is 0 Å². The van der Waals surface area contributed by atoms with E-state index in [1.165, 1.54) is 31.6 Å². The molecule has 3 aromatic rings. The smallest absolute Gasteiger partial charge is 0.419 e. The van der Waals surface area contributed by atoms with Crippen molar-refractivity contribution in [3.05, 3.63) is 78.1 Å². The molecule has 0 fully saturated rings. The number of methoxy groups -OCH3 is 1. The van der Waals surface area contributed by atoms with Gasteiger partial charge in [0.25, 0.3) is 0 Å². The summed E-state index contributed by atoms with van der Waals surface area (Å²) in [7, 11) is -8.16. The molecule has 0 saturated carbocycles. The summed E-state index contributed by atoms with van der Waals surface area (Å²) in [6.07, 6.45) is -2.07. The molecule has 1 heterocycles. The lowest BCUT2D eigenvalue weighted by atomic mass is 10.2. The van der Waals surface area contributed by atoms with Gasteiger partial charge in [-0.2, -0.15) is 13.2 Å². The third-order valence-electron chi connectivity index (χ3n) is 4.63. The zero-order valence-electron chi connectivity index (χ0n) is 17.2. The van der Waals surface area contributed by atoms with Crippen molar-refractivity contribution in [3.8, 4) is 5.75 Å². The zero-order valence-corrected chi connectivity index (χ0v) is 18.8. The van der Waals surface area contributed by atoms with E-state index in [1.54, 1.807) is 12.1 Å². The zero-order chi connectivity index (χ0) is 24.3. The molecule has 1 aromatic heterocycles. The van der Waals surface area contributed by atoms with Crippen LogP contribution >= 0.6 is 0 Å². The van der Waals surface area contributed by atoms with Gasteiger partial charge in [0.15, 0.2) is 0 Å². The Kier molecular flexibility index (Phi) is 7.10. The Morgan fingerprint density at radius 3 is 2.30 bits per heavy atom. The Labute approximate surface area is 189 Å². The SMILES string of the molecule is COc1cccc(S(=O)(=O)c2cccc(S(=O)(=O)NCCc3cccnc3)c2C(F)(F)F)c1. The van der Waals surface area contributed by atoms with Gasteiger partial charge >= 0.3 is 6.18 Å². The van der Waals surface area contributed by atoms with Gasteiger partial charge in [-0.3, -0.25) is 4.98 Å². The molecule has 0 aliphatic heterocycles. The lowest BCUT2D eigenvalue weighted by molar-refractivity contribution is -0.142. The monoisotopic (exact) mass is 500 g/mol. The first-order valence-electron chi connectivity index (χ1n) is 9.45. The number of sulfone groups is 1. The normalized spacial score (nSPS) is 12.5. The summed E-state index contributed by atoms with van der Waals surface area (Å²) in [6, 6.07) is 10.6. The minimum Gasteiger partial charge on any atom is -0.497 e. The van der Waals surface area contributed by atoms with E-state index in [-0.39, 0.29) is 18.7 Å². The highest BCUT2D eigenvalue weighted by atomic mass is 32.2. The van der Waals surface area contributed by atoms with E-state index < -0.39 is 46.3 Å². The number of pyridine rings is 1.